The van der Waals surface area contributed by atoms with Crippen molar-refractivity contribution in [1.29, 1.82) is 0 Å². The van der Waals surface area contributed by atoms with Crippen LogP contribution in [0.1, 0.15) is 32.6 Å². The first kappa shape index (κ1) is 13.9. The van der Waals surface area contributed by atoms with Gasteiger partial charge in [-0.15, -0.1) is 0 Å². The highest BCUT2D eigenvalue weighted by molar-refractivity contribution is 4.67. The lowest BCUT2D eigenvalue weighted by atomic mass is 10.1. The Morgan fingerprint density at radius 1 is 1.36 bits per heavy atom. The van der Waals surface area contributed by atoms with Crippen molar-refractivity contribution >= 4 is 0 Å². The van der Waals surface area contributed by atoms with E-state index in [4.69, 9.17) is 4.74 Å². The average molecular weight is 203 g/mol. The SMILES string of the molecule is CCCCC[C@H](CO)N(C)CCOC. The van der Waals surface area contributed by atoms with E-state index >= 15 is 0 Å². The Morgan fingerprint density at radius 3 is 2.57 bits per heavy atom. The van der Waals surface area contributed by atoms with Crippen LogP contribution in [0.25, 0.3) is 0 Å². The average Bonchev–Trinajstić information content (AvgIpc) is 2.21. The third-order valence-corrected chi connectivity index (χ3v) is 2.62. The summed E-state index contributed by atoms with van der Waals surface area (Å²) in [5, 5.41) is 9.21. The second-order valence-electron chi connectivity index (χ2n) is 3.81. The highest BCUT2D eigenvalue weighted by Gasteiger charge is 2.12. The largest absolute Gasteiger partial charge is 0.395 e. The zero-order chi connectivity index (χ0) is 10.8. The fourth-order valence-electron chi connectivity index (χ4n) is 1.50. The molecular formula is C11H25NO2. The van der Waals surface area contributed by atoms with Gasteiger partial charge in [-0.2, -0.15) is 0 Å². The number of likely N-dealkylation sites (N-methyl/N-ethyl adjacent to an activating group) is 1. The summed E-state index contributed by atoms with van der Waals surface area (Å²) in [6.45, 7) is 4.08. The molecule has 0 unspecified atom stereocenters. The number of rotatable bonds is 9. The van der Waals surface area contributed by atoms with Gasteiger partial charge in [-0.1, -0.05) is 26.2 Å². The van der Waals surface area contributed by atoms with Crippen LogP contribution in [0, 0.1) is 0 Å². The summed E-state index contributed by atoms with van der Waals surface area (Å²) >= 11 is 0. The van der Waals surface area contributed by atoms with Gasteiger partial charge >= 0.3 is 0 Å². The van der Waals surface area contributed by atoms with Gasteiger partial charge in [0.25, 0.3) is 0 Å². The Balaban J connectivity index is 3.62. The first-order valence-electron chi connectivity index (χ1n) is 5.56. The van der Waals surface area contributed by atoms with Crippen LogP contribution in [-0.4, -0.2) is 50.0 Å². The summed E-state index contributed by atoms with van der Waals surface area (Å²) < 4.78 is 5.01. The Labute approximate surface area is 88.1 Å². The number of aliphatic hydroxyl groups excluding tert-OH is 1. The van der Waals surface area contributed by atoms with E-state index < -0.39 is 0 Å². The normalized spacial score (nSPS) is 13.5. The Morgan fingerprint density at radius 2 is 2.07 bits per heavy atom. The second kappa shape index (κ2) is 9.44. The minimum Gasteiger partial charge on any atom is -0.395 e. The van der Waals surface area contributed by atoms with Gasteiger partial charge in [-0.3, -0.25) is 4.90 Å². The van der Waals surface area contributed by atoms with Crippen LogP contribution in [0.4, 0.5) is 0 Å². The molecule has 3 nitrogen and oxygen atoms in total. The number of nitrogens with zero attached hydrogens (tertiary/aromatic N) is 1. The van der Waals surface area contributed by atoms with E-state index in [9.17, 15) is 5.11 Å². The maximum atomic E-state index is 9.21. The van der Waals surface area contributed by atoms with Crippen molar-refractivity contribution in [2.24, 2.45) is 0 Å². The van der Waals surface area contributed by atoms with Crippen molar-refractivity contribution in [2.45, 2.75) is 38.6 Å². The standard InChI is InChI=1S/C11H25NO2/c1-4-5-6-7-11(10-13)12(2)8-9-14-3/h11,13H,4-10H2,1-3H3/t11-/m1/s1. The molecule has 0 aromatic rings. The minimum atomic E-state index is 0.254. The van der Waals surface area contributed by atoms with E-state index in [1.165, 1.54) is 19.3 Å². The summed E-state index contributed by atoms with van der Waals surface area (Å²) in [5.74, 6) is 0. The third-order valence-electron chi connectivity index (χ3n) is 2.62. The summed E-state index contributed by atoms with van der Waals surface area (Å²) in [5.41, 5.74) is 0. The number of methoxy groups -OCH3 is 1. The topological polar surface area (TPSA) is 32.7 Å². The lowest BCUT2D eigenvalue weighted by molar-refractivity contribution is 0.100. The van der Waals surface area contributed by atoms with Gasteiger partial charge < -0.3 is 9.84 Å². The predicted octanol–water partition coefficient (Wildman–Crippen LogP) is 1.51. The van der Waals surface area contributed by atoms with E-state index in [1.54, 1.807) is 7.11 Å². The van der Waals surface area contributed by atoms with Crippen LogP contribution in [0.5, 0.6) is 0 Å². The van der Waals surface area contributed by atoms with Gasteiger partial charge in [-0.05, 0) is 13.5 Å². The maximum Gasteiger partial charge on any atom is 0.0589 e. The van der Waals surface area contributed by atoms with Gasteiger partial charge in [-0.25, -0.2) is 0 Å². The molecule has 0 radical (unpaired) electrons. The Bertz CT molecular complexity index is 120. The molecule has 0 spiro atoms. The van der Waals surface area contributed by atoms with Crippen molar-refractivity contribution < 1.29 is 9.84 Å². The van der Waals surface area contributed by atoms with Crippen molar-refractivity contribution in [3.8, 4) is 0 Å². The highest BCUT2D eigenvalue weighted by Crippen LogP contribution is 2.07. The van der Waals surface area contributed by atoms with E-state index in [0.717, 1.165) is 19.6 Å². The molecule has 14 heavy (non-hydrogen) atoms. The molecule has 0 fully saturated rings. The molecule has 0 bridgehead atoms. The second-order valence-corrected chi connectivity index (χ2v) is 3.81. The maximum absolute atomic E-state index is 9.21. The van der Waals surface area contributed by atoms with Crippen molar-refractivity contribution in [1.82, 2.24) is 4.90 Å². The zero-order valence-electron chi connectivity index (χ0n) is 9.83. The number of aliphatic hydroxyl groups is 1. The van der Waals surface area contributed by atoms with Gasteiger partial charge in [0, 0.05) is 19.7 Å². The van der Waals surface area contributed by atoms with Gasteiger partial charge in [0.2, 0.25) is 0 Å². The van der Waals surface area contributed by atoms with Crippen LogP contribution in [0.3, 0.4) is 0 Å². The quantitative estimate of drug-likeness (QED) is 0.577. The third kappa shape index (κ3) is 6.35. The molecule has 0 aromatic heterocycles. The van der Waals surface area contributed by atoms with Crippen LogP contribution >= 0.6 is 0 Å². The first-order valence-corrected chi connectivity index (χ1v) is 5.56. The van der Waals surface area contributed by atoms with Gasteiger partial charge in [0.05, 0.1) is 13.2 Å². The molecule has 0 aromatic carbocycles. The molecule has 0 saturated heterocycles. The van der Waals surface area contributed by atoms with E-state index in [0.29, 0.717) is 6.04 Å². The fraction of sp³-hybridized carbons (Fsp3) is 1.00. The molecule has 1 atom stereocenters. The molecule has 0 amide bonds. The lowest BCUT2D eigenvalue weighted by Gasteiger charge is -2.26. The number of hydrogen-bond donors (Lipinski definition) is 1. The Hall–Kier alpha value is -0.120. The van der Waals surface area contributed by atoms with Crippen LogP contribution in [0.15, 0.2) is 0 Å². The highest BCUT2D eigenvalue weighted by atomic mass is 16.5. The molecule has 0 aliphatic rings. The molecule has 1 N–H and O–H groups in total. The van der Waals surface area contributed by atoms with E-state index in [2.05, 4.69) is 11.8 Å². The number of hydrogen-bond acceptors (Lipinski definition) is 3. The van der Waals surface area contributed by atoms with Gasteiger partial charge in [0.15, 0.2) is 0 Å². The summed E-state index contributed by atoms with van der Waals surface area (Å²) in [7, 11) is 3.75. The van der Waals surface area contributed by atoms with Crippen molar-refractivity contribution in [3.05, 3.63) is 0 Å². The molecule has 0 heterocycles. The molecule has 0 saturated carbocycles. The van der Waals surface area contributed by atoms with E-state index in [1.807, 2.05) is 7.05 Å². The van der Waals surface area contributed by atoms with E-state index in [-0.39, 0.29) is 6.61 Å². The number of unbranched alkanes of at least 4 members (excludes halogenated alkanes) is 2. The molecule has 0 rings (SSSR count). The minimum absolute atomic E-state index is 0.254. The predicted molar refractivity (Wildman–Crippen MR) is 59.5 cm³/mol. The summed E-state index contributed by atoms with van der Waals surface area (Å²) in [6, 6.07) is 0.302. The van der Waals surface area contributed by atoms with Crippen LogP contribution in [-0.2, 0) is 4.74 Å². The molecule has 0 aliphatic carbocycles. The molecule has 86 valence electrons. The Kier molecular flexibility index (Phi) is 9.35. The lowest BCUT2D eigenvalue weighted by Crippen LogP contribution is -2.36. The fourth-order valence-corrected chi connectivity index (χ4v) is 1.50. The number of ether oxygens (including phenoxy) is 1. The molecular weight excluding hydrogens is 178 g/mol. The molecule has 3 heteroatoms. The summed E-state index contributed by atoms with van der Waals surface area (Å²) in [6.07, 6.45) is 4.79. The van der Waals surface area contributed by atoms with Crippen molar-refractivity contribution in [2.75, 3.05) is 33.9 Å². The van der Waals surface area contributed by atoms with Crippen LogP contribution in [0.2, 0.25) is 0 Å². The zero-order valence-corrected chi connectivity index (χ0v) is 9.83. The van der Waals surface area contributed by atoms with Crippen molar-refractivity contribution in [3.63, 3.8) is 0 Å². The monoisotopic (exact) mass is 203 g/mol. The molecule has 0 aliphatic heterocycles. The van der Waals surface area contributed by atoms with Crippen LogP contribution < -0.4 is 0 Å². The smallest absolute Gasteiger partial charge is 0.0589 e. The van der Waals surface area contributed by atoms with Gasteiger partial charge in [0.1, 0.15) is 0 Å². The summed E-state index contributed by atoms with van der Waals surface area (Å²) in [4.78, 5) is 2.18. The first-order chi connectivity index (χ1) is 6.76.